The molecule has 10 nitrogen and oxygen atoms in total. The number of aromatic nitrogens is 1. The van der Waals surface area contributed by atoms with E-state index in [0.717, 1.165) is 4.90 Å². The number of allylic oxidation sites excluding steroid dienone is 2. The summed E-state index contributed by atoms with van der Waals surface area (Å²) in [7, 11) is -2.47. The molecular weight excluding hydrogens is 398 g/mol. The van der Waals surface area contributed by atoms with Gasteiger partial charge in [0.1, 0.15) is 17.2 Å². The van der Waals surface area contributed by atoms with Crippen molar-refractivity contribution >= 4 is 27.7 Å². The number of sulfonamides is 1. The fourth-order valence-corrected chi connectivity index (χ4v) is 4.74. The Morgan fingerprint density at radius 3 is 2.72 bits per heavy atom. The normalized spacial score (nSPS) is 23.0. The molecule has 0 spiro atoms. The first-order valence-corrected chi connectivity index (χ1v) is 10.4. The van der Waals surface area contributed by atoms with Crippen LogP contribution in [0.2, 0.25) is 0 Å². The van der Waals surface area contributed by atoms with E-state index in [2.05, 4.69) is 9.88 Å². The molecule has 3 amide bonds. The Kier molecular flexibility index (Phi) is 4.29. The summed E-state index contributed by atoms with van der Waals surface area (Å²) in [6, 6.07) is 3.05. The van der Waals surface area contributed by atoms with Crippen molar-refractivity contribution < 1.29 is 27.1 Å². The van der Waals surface area contributed by atoms with E-state index in [4.69, 9.17) is 9.78 Å². The minimum Gasteiger partial charge on any atom is -0.357 e. The average Bonchev–Trinajstić information content (AvgIpc) is 3.33. The van der Waals surface area contributed by atoms with Gasteiger partial charge in [-0.15, -0.1) is 0 Å². The number of nitrogens with zero attached hydrogens (tertiary/aromatic N) is 4. The summed E-state index contributed by atoms with van der Waals surface area (Å²) in [6.07, 6.45) is 4.96. The van der Waals surface area contributed by atoms with E-state index in [1.807, 2.05) is 6.07 Å². The number of rotatable bonds is 5. The van der Waals surface area contributed by atoms with Gasteiger partial charge in [0, 0.05) is 6.07 Å². The lowest BCUT2D eigenvalue weighted by Gasteiger charge is -2.26. The lowest BCUT2D eigenvalue weighted by molar-refractivity contribution is -0.406. The van der Waals surface area contributed by atoms with Crippen LogP contribution in [0.15, 0.2) is 33.7 Å². The number of fused-ring (bicyclic) bond motifs is 1. The number of carbonyl (C=O) groups is 2. The van der Waals surface area contributed by atoms with Gasteiger partial charge in [-0.05, 0) is 38.0 Å². The number of urea groups is 1. The third-order valence-electron chi connectivity index (χ3n) is 5.10. The second-order valence-electron chi connectivity index (χ2n) is 7.30. The number of carbonyl (C=O) groups excluding carboxylic acids is 2. The fraction of sp³-hybridized carbons (Fsp3) is 0.389. The Hall–Kier alpha value is -3.10. The van der Waals surface area contributed by atoms with E-state index in [0.29, 0.717) is 30.0 Å². The third-order valence-corrected chi connectivity index (χ3v) is 6.65. The standard InChI is InChI=1S/C18H18N5O5S/c1-11-7-12(28-20-11)9-23-16(24)14-8-13(3-4-15(14)22(2)17(23)25)29(26,27)21-18(10-19)5-6-18/h3-4,7-8,14,21H,5-6,9H2,1-2H3/q+1. The molecule has 29 heavy (non-hydrogen) atoms. The van der Waals surface area contributed by atoms with Gasteiger partial charge in [0.25, 0.3) is 0 Å². The van der Waals surface area contributed by atoms with Gasteiger partial charge in [-0.2, -0.15) is 24.3 Å². The molecule has 1 aliphatic heterocycles. The lowest BCUT2D eigenvalue weighted by atomic mass is 9.94. The molecule has 1 saturated carbocycles. The van der Waals surface area contributed by atoms with E-state index in [1.54, 1.807) is 13.0 Å². The van der Waals surface area contributed by atoms with Gasteiger partial charge < -0.3 is 4.52 Å². The van der Waals surface area contributed by atoms with Crippen molar-refractivity contribution in [2.24, 2.45) is 5.92 Å². The van der Waals surface area contributed by atoms with E-state index in [1.165, 1.54) is 29.9 Å². The third kappa shape index (κ3) is 3.30. The molecule has 11 heteroatoms. The summed E-state index contributed by atoms with van der Waals surface area (Å²) in [5.74, 6) is -1.17. The first-order chi connectivity index (χ1) is 13.7. The van der Waals surface area contributed by atoms with Gasteiger partial charge >= 0.3 is 11.9 Å². The highest BCUT2D eigenvalue weighted by Crippen LogP contribution is 2.36. The minimum absolute atomic E-state index is 0.109. The summed E-state index contributed by atoms with van der Waals surface area (Å²) in [5, 5.41) is 12.9. The van der Waals surface area contributed by atoms with Crippen LogP contribution in [0.4, 0.5) is 4.79 Å². The van der Waals surface area contributed by atoms with Gasteiger partial charge in [0.05, 0.1) is 23.7 Å². The monoisotopic (exact) mass is 416 g/mol. The molecule has 0 bridgehead atoms. The van der Waals surface area contributed by atoms with Crippen molar-refractivity contribution in [3.05, 3.63) is 40.7 Å². The summed E-state index contributed by atoms with van der Waals surface area (Å²) in [5.41, 5.74) is -0.0777. The zero-order chi connectivity index (χ0) is 21.0. The van der Waals surface area contributed by atoms with E-state index < -0.39 is 33.4 Å². The molecule has 1 aromatic rings. The van der Waals surface area contributed by atoms with E-state index in [-0.39, 0.29) is 11.4 Å². The molecule has 1 fully saturated rings. The van der Waals surface area contributed by atoms with Crippen LogP contribution in [-0.4, -0.2) is 53.3 Å². The number of nitrogens with one attached hydrogen (secondary N) is 1. The van der Waals surface area contributed by atoms with Crippen molar-refractivity contribution in [1.82, 2.24) is 14.8 Å². The molecule has 4 rings (SSSR count). The second kappa shape index (κ2) is 6.47. The molecule has 1 N–H and O–H groups in total. The first kappa shape index (κ1) is 19.2. The SMILES string of the molecule is Cc1cc(CN2C(=O)C3C=C(S(=O)(=O)NC4(C#N)CC4)C=CC3=[N+](C)C2=O)on1. The maximum atomic E-state index is 13.0. The van der Waals surface area contributed by atoms with Crippen LogP contribution in [0.3, 0.4) is 0 Å². The quantitative estimate of drug-likeness (QED) is 0.693. The van der Waals surface area contributed by atoms with Gasteiger partial charge in [0.2, 0.25) is 10.0 Å². The molecule has 0 radical (unpaired) electrons. The van der Waals surface area contributed by atoms with Crippen LogP contribution in [0.1, 0.15) is 24.3 Å². The Morgan fingerprint density at radius 1 is 1.41 bits per heavy atom. The zero-order valence-electron chi connectivity index (χ0n) is 15.7. The van der Waals surface area contributed by atoms with Gasteiger partial charge in [0.15, 0.2) is 12.3 Å². The Bertz CT molecular complexity index is 1160. The predicted molar refractivity (Wildman–Crippen MR) is 98.7 cm³/mol. The van der Waals surface area contributed by atoms with Gasteiger partial charge in [-0.25, -0.2) is 13.2 Å². The molecule has 2 heterocycles. The number of nitriles is 1. The Balaban J connectivity index is 1.66. The molecule has 3 aliphatic rings. The summed E-state index contributed by atoms with van der Waals surface area (Å²) in [4.78, 5) is 26.5. The molecule has 1 atom stereocenters. The minimum atomic E-state index is -3.98. The van der Waals surface area contributed by atoms with Crippen molar-refractivity contribution in [3.63, 3.8) is 0 Å². The summed E-state index contributed by atoms with van der Waals surface area (Å²) in [6.45, 7) is 1.61. The number of aryl methyl sites for hydroxylation is 1. The highest BCUT2D eigenvalue weighted by atomic mass is 32.2. The van der Waals surface area contributed by atoms with E-state index >= 15 is 0 Å². The van der Waals surface area contributed by atoms with Crippen LogP contribution in [-0.2, 0) is 21.4 Å². The average molecular weight is 416 g/mol. The topological polar surface area (TPSA) is 136 Å². The number of amides is 3. The van der Waals surface area contributed by atoms with E-state index in [9.17, 15) is 18.0 Å². The van der Waals surface area contributed by atoms with Crippen molar-refractivity contribution in [1.29, 1.82) is 5.26 Å². The van der Waals surface area contributed by atoms with Crippen molar-refractivity contribution in [2.45, 2.75) is 31.8 Å². The highest BCUT2D eigenvalue weighted by molar-refractivity contribution is 7.93. The van der Waals surface area contributed by atoms with Crippen LogP contribution in [0.5, 0.6) is 0 Å². The van der Waals surface area contributed by atoms with Gasteiger partial charge in [-0.1, -0.05) is 5.16 Å². The number of hydrogen-bond acceptors (Lipinski definition) is 7. The lowest BCUT2D eigenvalue weighted by Crippen LogP contribution is -2.53. The van der Waals surface area contributed by atoms with Crippen LogP contribution in [0.25, 0.3) is 0 Å². The van der Waals surface area contributed by atoms with Gasteiger partial charge in [-0.3, -0.25) is 0 Å². The highest BCUT2D eigenvalue weighted by Gasteiger charge is 2.49. The summed E-state index contributed by atoms with van der Waals surface area (Å²) >= 11 is 0. The number of imide groups is 1. The smallest absolute Gasteiger partial charge is 0.357 e. The molecular formula is C18H18N5O5S+. The predicted octanol–water partition coefficient (Wildman–Crippen LogP) is 0.574. The molecule has 0 aromatic carbocycles. The molecule has 0 saturated heterocycles. The second-order valence-corrected chi connectivity index (χ2v) is 8.99. The number of hydrogen-bond donors (Lipinski definition) is 1. The van der Waals surface area contributed by atoms with Crippen LogP contribution >= 0.6 is 0 Å². The molecule has 1 unspecified atom stereocenters. The molecule has 150 valence electrons. The maximum Gasteiger partial charge on any atom is 0.501 e. The van der Waals surface area contributed by atoms with Crippen LogP contribution < -0.4 is 4.72 Å². The largest absolute Gasteiger partial charge is 0.501 e. The Labute approximate surface area is 166 Å². The molecule has 2 aliphatic carbocycles. The fourth-order valence-electron chi connectivity index (χ4n) is 3.30. The Morgan fingerprint density at radius 2 is 2.14 bits per heavy atom. The maximum absolute atomic E-state index is 13.0. The first-order valence-electron chi connectivity index (χ1n) is 8.89. The molecule has 1 aromatic heterocycles. The van der Waals surface area contributed by atoms with Crippen molar-refractivity contribution in [3.8, 4) is 6.07 Å². The van der Waals surface area contributed by atoms with Crippen LogP contribution in [0, 0.1) is 24.2 Å². The summed E-state index contributed by atoms with van der Waals surface area (Å²) < 4.78 is 34.2. The zero-order valence-corrected chi connectivity index (χ0v) is 16.6. The van der Waals surface area contributed by atoms with Crippen molar-refractivity contribution in [2.75, 3.05) is 7.05 Å².